The average Bonchev–Trinajstić information content (AvgIpc) is 2.70. The molecule has 0 saturated carbocycles. The van der Waals surface area contributed by atoms with Gasteiger partial charge in [0.05, 0.1) is 6.04 Å². The van der Waals surface area contributed by atoms with Crippen molar-refractivity contribution < 1.29 is 9.53 Å². The number of hydrogen-bond acceptors (Lipinski definition) is 3. The SMILES string of the molecule is C=CC(CCC)N(NC(C)c1ccccc1)C(=O)OCc1ccccc1. The molecule has 0 radical (unpaired) electrons. The molecule has 4 heteroatoms. The van der Waals surface area contributed by atoms with E-state index in [-0.39, 0.29) is 18.7 Å². The Morgan fingerprint density at radius 2 is 1.77 bits per heavy atom. The zero-order valence-electron chi connectivity index (χ0n) is 15.6. The van der Waals surface area contributed by atoms with E-state index in [1.165, 1.54) is 0 Å². The normalized spacial score (nSPS) is 12.8. The van der Waals surface area contributed by atoms with E-state index in [0.717, 1.165) is 24.0 Å². The highest BCUT2D eigenvalue weighted by Gasteiger charge is 2.24. The maximum atomic E-state index is 12.8. The first-order chi connectivity index (χ1) is 12.7. The molecular weight excluding hydrogens is 324 g/mol. The van der Waals surface area contributed by atoms with Crippen molar-refractivity contribution in [2.75, 3.05) is 0 Å². The molecule has 0 fully saturated rings. The molecule has 1 amide bonds. The Hall–Kier alpha value is -2.59. The summed E-state index contributed by atoms with van der Waals surface area (Å²) in [6.07, 6.45) is 3.16. The summed E-state index contributed by atoms with van der Waals surface area (Å²) in [5.74, 6) is 0. The van der Waals surface area contributed by atoms with Gasteiger partial charge in [0, 0.05) is 6.04 Å². The van der Waals surface area contributed by atoms with Crippen LogP contribution >= 0.6 is 0 Å². The number of benzene rings is 2. The molecule has 1 N–H and O–H groups in total. The second-order valence-electron chi connectivity index (χ2n) is 6.26. The number of rotatable bonds is 9. The van der Waals surface area contributed by atoms with Gasteiger partial charge >= 0.3 is 6.09 Å². The third-order valence-electron chi connectivity index (χ3n) is 4.22. The molecule has 0 spiro atoms. The number of carbonyl (C=O) groups excluding carboxylic acids is 1. The molecular formula is C22H28N2O2. The number of amides is 1. The summed E-state index contributed by atoms with van der Waals surface area (Å²) in [7, 11) is 0. The number of nitrogens with zero attached hydrogens (tertiary/aromatic N) is 1. The smallest absolute Gasteiger partial charge is 0.425 e. The second kappa shape index (κ2) is 10.4. The Morgan fingerprint density at radius 3 is 2.35 bits per heavy atom. The molecule has 2 atom stereocenters. The van der Waals surface area contributed by atoms with Crippen molar-refractivity contribution in [3.05, 3.63) is 84.4 Å². The lowest BCUT2D eigenvalue weighted by Crippen LogP contribution is -2.49. The molecule has 2 unspecified atom stereocenters. The fraction of sp³-hybridized carbons (Fsp3) is 0.318. The van der Waals surface area contributed by atoms with Crippen LogP contribution < -0.4 is 5.43 Å². The number of nitrogens with one attached hydrogen (secondary N) is 1. The monoisotopic (exact) mass is 352 g/mol. The van der Waals surface area contributed by atoms with Gasteiger partial charge < -0.3 is 4.74 Å². The van der Waals surface area contributed by atoms with Gasteiger partial charge in [0.2, 0.25) is 0 Å². The van der Waals surface area contributed by atoms with Crippen LogP contribution in [0.2, 0.25) is 0 Å². The lowest BCUT2D eigenvalue weighted by atomic mass is 10.1. The van der Waals surface area contributed by atoms with Crippen molar-refractivity contribution in [1.82, 2.24) is 10.4 Å². The lowest BCUT2D eigenvalue weighted by molar-refractivity contribution is 0.0561. The van der Waals surface area contributed by atoms with Gasteiger partial charge in [-0.15, -0.1) is 6.58 Å². The molecule has 26 heavy (non-hydrogen) atoms. The summed E-state index contributed by atoms with van der Waals surface area (Å²) in [5, 5.41) is 1.57. The maximum Gasteiger partial charge on any atom is 0.425 e. The largest absolute Gasteiger partial charge is 0.444 e. The highest BCUT2D eigenvalue weighted by molar-refractivity contribution is 5.67. The fourth-order valence-electron chi connectivity index (χ4n) is 2.75. The first kappa shape index (κ1) is 19.7. The van der Waals surface area contributed by atoms with Crippen LogP contribution in [0.5, 0.6) is 0 Å². The van der Waals surface area contributed by atoms with Crippen LogP contribution in [0.3, 0.4) is 0 Å². The molecule has 138 valence electrons. The molecule has 2 aromatic rings. The van der Waals surface area contributed by atoms with Crippen molar-refractivity contribution in [3.8, 4) is 0 Å². The molecule has 0 aromatic heterocycles. The second-order valence-corrected chi connectivity index (χ2v) is 6.26. The summed E-state index contributed by atoms with van der Waals surface area (Å²) in [4.78, 5) is 12.8. The van der Waals surface area contributed by atoms with E-state index in [1.807, 2.05) is 67.6 Å². The van der Waals surface area contributed by atoms with E-state index in [1.54, 1.807) is 11.1 Å². The van der Waals surface area contributed by atoms with Crippen molar-refractivity contribution >= 4 is 6.09 Å². The summed E-state index contributed by atoms with van der Waals surface area (Å²) in [6.45, 7) is 8.25. The highest BCUT2D eigenvalue weighted by atomic mass is 16.6. The maximum absolute atomic E-state index is 12.8. The topological polar surface area (TPSA) is 41.6 Å². The van der Waals surface area contributed by atoms with E-state index in [2.05, 4.69) is 18.9 Å². The number of hydrogen-bond donors (Lipinski definition) is 1. The van der Waals surface area contributed by atoms with E-state index in [0.29, 0.717) is 0 Å². The summed E-state index contributed by atoms with van der Waals surface area (Å²) >= 11 is 0. The minimum absolute atomic E-state index is 0.0280. The zero-order chi connectivity index (χ0) is 18.8. The van der Waals surface area contributed by atoms with E-state index < -0.39 is 6.09 Å². The van der Waals surface area contributed by atoms with Crippen LogP contribution in [0.25, 0.3) is 0 Å². The van der Waals surface area contributed by atoms with E-state index in [4.69, 9.17) is 4.74 Å². The Kier molecular flexibility index (Phi) is 7.90. The molecule has 0 aliphatic heterocycles. The first-order valence-corrected chi connectivity index (χ1v) is 9.09. The zero-order valence-corrected chi connectivity index (χ0v) is 15.6. The standard InChI is InChI=1S/C22H28N2O2/c1-4-12-21(5-2)24(23-18(3)20-15-10-7-11-16-20)22(25)26-17-19-13-8-6-9-14-19/h5-11,13-16,18,21,23H,2,4,12,17H2,1,3H3. The van der Waals surface area contributed by atoms with E-state index in [9.17, 15) is 4.79 Å². The first-order valence-electron chi connectivity index (χ1n) is 9.09. The molecule has 0 aliphatic rings. The van der Waals surface area contributed by atoms with Gasteiger partial charge in [-0.25, -0.2) is 15.2 Å². The molecule has 0 heterocycles. The molecule has 0 saturated heterocycles. The van der Waals surface area contributed by atoms with Crippen LogP contribution in [0.15, 0.2) is 73.3 Å². The van der Waals surface area contributed by atoms with Gasteiger partial charge in [-0.1, -0.05) is 80.1 Å². The van der Waals surface area contributed by atoms with E-state index >= 15 is 0 Å². The van der Waals surface area contributed by atoms with Gasteiger partial charge in [0.1, 0.15) is 6.61 Å². The van der Waals surface area contributed by atoms with Crippen LogP contribution in [-0.4, -0.2) is 17.1 Å². The molecule has 0 aliphatic carbocycles. The predicted molar refractivity (Wildman–Crippen MR) is 105 cm³/mol. The minimum Gasteiger partial charge on any atom is -0.444 e. The lowest BCUT2D eigenvalue weighted by Gasteiger charge is -2.32. The Balaban J connectivity index is 2.09. The molecule has 2 aromatic carbocycles. The van der Waals surface area contributed by atoms with Gasteiger partial charge in [-0.2, -0.15) is 0 Å². The quantitative estimate of drug-likeness (QED) is 0.495. The average molecular weight is 352 g/mol. The fourth-order valence-corrected chi connectivity index (χ4v) is 2.75. The Bertz CT molecular complexity index is 673. The van der Waals surface area contributed by atoms with Gasteiger partial charge in [-0.05, 0) is 24.5 Å². The molecule has 2 rings (SSSR count). The molecule has 0 bridgehead atoms. The molecule has 4 nitrogen and oxygen atoms in total. The van der Waals surface area contributed by atoms with Gasteiger partial charge in [0.15, 0.2) is 0 Å². The summed E-state index contributed by atoms with van der Waals surface area (Å²) in [5.41, 5.74) is 5.36. The van der Waals surface area contributed by atoms with Crippen LogP contribution in [-0.2, 0) is 11.3 Å². The predicted octanol–water partition coefficient (Wildman–Crippen LogP) is 5.25. The number of carbonyl (C=O) groups is 1. The third-order valence-corrected chi connectivity index (χ3v) is 4.22. The highest BCUT2D eigenvalue weighted by Crippen LogP contribution is 2.16. The van der Waals surface area contributed by atoms with Crippen molar-refractivity contribution in [2.45, 2.75) is 45.4 Å². The van der Waals surface area contributed by atoms with Crippen LogP contribution in [0, 0.1) is 0 Å². The summed E-state index contributed by atoms with van der Waals surface area (Å²) < 4.78 is 5.53. The van der Waals surface area contributed by atoms with Gasteiger partial charge in [0.25, 0.3) is 0 Å². The van der Waals surface area contributed by atoms with Crippen molar-refractivity contribution in [2.24, 2.45) is 0 Å². The minimum atomic E-state index is -0.394. The van der Waals surface area contributed by atoms with Crippen molar-refractivity contribution in [1.29, 1.82) is 0 Å². The van der Waals surface area contributed by atoms with Crippen LogP contribution in [0.4, 0.5) is 4.79 Å². The number of ether oxygens (including phenoxy) is 1. The summed E-state index contributed by atoms with van der Waals surface area (Å²) in [6, 6.07) is 19.5. The third kappa shape index (κ3) is 5.74. The Labute approximate surface area is 156 Å². The van der Waals surface area contributed by atoms with Crippen molar-refractivity contribution in [3.63, 3.8) is 0 Å². The van der Waals surface area contributed by atoms with Gasteiger partial charge in [-0.3, -0.25) is 0 Å². The Morgan fingerprint density at radius 1 is 1.15 bits per heavy atom. The number of hydrazine groups is 1. The van der Waals surface area contributed by atoms with Crippen LogP contribution in [0.1, 0.15) is 43.9 Å².